The normalized spacial score (nSPS) is 10.7. The summed E-state index contributed by atoms with van der Waals surface area (Å²) in [6.07, 6.45) is 0.623. The van der Waals surface area contributed by atoms with Crippen LogP contribution in [0.4, 0.5) is 0 Å². The van der Waals surface area contributed by atoms with E-state index in [1.807, 2.05) is 25.2 Å². The van der Waals surface area contributed by atoms with Crippen LogP contribution in [0.1, 0.15) is 17.2 Å². The maximum atomic E-state index is 6.07. The van der Waals surface area contributed by atoms with Gasteiger partial charge in [0.1, 0.15) is 11.6 Å². The zero-order valence-corrected chi connectivity index (χ0v) is 11.1. The molecule has 0 bridgehead atoms. The number of rotatable bonds is 4. The quantitative estimate of drug-likeness (QED) is 0.911. The predicted octanol–water partition coefficient (Wildman–Crippen LogP) is 1.53. The SMILES string of the molecule is COc1ccc(Cc2nc(CN)n(C)n2)cc1Cl. The number of halogens is 1. The van der Waals surface area contributed by atoms with Crippen molar-refractivity contribution in [2.45, 2.75) is 13.0 Å². The van der Waals surface area contributed by atoms with Crippen LogP contribution in [0, 0.1) is 0 Å². The van der Waals surface area contributed by atoms with Crippen LogP contribution in [-0.2, 0) is 20.0 Å². The van der Waals surface area contributed by atoms with E-state index in [4.69, 9.17) is 22.1 Å². The summed E-state index contributed by atoms with van der Waals surface area (Å²) in [5.74, 6) is 2.17. The average Bonchev–Trinajstić information content (AvgIpc) is 2.69. The van der Waals surface area contributed by atoms with Crippen LogP contribution in [0.15, 0.2) is 18.2 Å². The summed E-state index contributed by atoms with van der Waals surface area (Å²) >= 11 is 6.07. The van der Waals surface area contributed by atoms with E-state index in [2.05, 4.69) is 10.1 Å². The fourth-order valence-corrected chi connectivity index (χ4v) is 2.01. The largest absolute Gasteiger partial charge is 0.495 e. The number of benzene rings is 1. The number of hydrogen-bond donors (Lipinski definition) is 1. The minimum atomic E-state index is 0.382. The Balaban J connectivity index is 2.20. The first-order valence-electron chi connectivity index (χ1n) is 5.55. The van der Waals surface area contributed by atoms with E-state index < -0.39 is 0 Å². The van der Waals surface area contributed by atoms with Gasteiger partial charge in [0.2, 0.25) is 0 Å². The van der Waals surface area contributed by atoms with Gasteiger partial charge in [-0.15, -0.1) is 0 Å². The molecule has 0 aliphatic heterocycles. The highest BCUT2D eigenvalue weighted by Gasteiger charge is 2.08. The van der Waals surface area contributed by atoms with Crippen LogP contribution >= 0.6 is 11.6 Å². The third kappa shape index (κ3) is 2.63. The topological polar surface area (TPSA) is 66.0 Å². The fourth-order valence-electron chi connectivity index (χ4n) is 1.73. The highest BCUT2D eigenvalue weighted by molar-refractivity contribution is 6.32. The van der Waals surface area contributed by atoms with Crippen molar-refractivity contribution in [1.82, 2.24) is 14.8 Å². The van der Waals surface area contributed by atoms with E-state index >= 15 is 0 Å². The Morgan fingerprint density at radius 3 is 2.78 bits per heavy atom. The Kier molecular flexibility index (Phi) is 3.84. The molecule has 0 fully saturated rings. The summed E-state index contributed by atoms with van der Waals surface area (Å²) in [5, 5.41) is 4.89. The smallest absolute Gasteiger partial charge is 0.155 e. The molecule has 1 aromatic heterocycles. The van der Waals surface area contributed by atoms with Crippen molar-refractivity contribution in [1.29, 1.82) is 0 Å². The zero-order valence-electron chi connectivity index (χ0n) is 10.4. The summed E-state index contributed by atoms with van der Waals surface area (Å²) in [6, 6.07) is 5.65. The summed E-state index contributed by atoms with van der Waals surface area (Å²) in [5.41, 5.74) is 6.60. The second kappa shape index (κ2) is 5.37. The van der Waals surface area contributed by atoms with Crippen LogP contribution in [0.3, 0.4) is 0 Å². The molecule has 1 heterocycles. The summed E-state index contributed by atoms with van der Waals surface area (Å²) in [7, 11) is 3.43. The Labute approximate surface area is 111 Å². The second-order valence-corrected chi connectivity index (χ2v) is 4.32. The molecule has 2 N–H and O–H groups in total. The van der Waals surface area contributed by atoms with Crippen LogP contribution < -0.4 is 10.5 Å². The Bertz CT molecular complexity index is 553. The van der Waals surface area contributed by atoms with E-state index in [9.17, 15) is 0 Å². The molecule has 2 aromatic rings. The Morgan fingerprint density at radius 1 is 1.44 bits per heavy atom. The number of methoxy groups -OCH3 is 1. The molecule has 2 rings (SSSR count). The van der Waals surface area contributed by atoms with E-state index in [-0.39, 0.29) is 0 Å². The molecule has 0 saturated heterocycles. The third-order valence-corrected chi connectivity index (χ3v) is 2.95. The standard InChI is InChI=1S/C12H15ClN4O/c1-17-12(7-14)15-11(16-17)6-8-3-4-10(18-2)9(13)5-8/h3-5H,6-7,14H2,1-2H3. The third-order valence-electron chi connectivity index (χ3n) is 2.66. The molecule has 0 unspecified atom stereocenters. The van der Waals surface area contributed by atoms with Crippen molar-refractivity contribution in [2.75, 3.05) is 7.11 Å². The molecule has 0 saturated carbocycles. The van der Waals surface area contributed by atoms with Crippen molar-refractivity contribution in [3.63, 3.8) is 0 Å². The molecule has 0 amide bonds. The maximum Gasteiger partial charge on any atom is 0.155 e. The molecule has 5 nitrogen and oxygen atoms in total. The minimum absolute atomic E-state index is 0.382. The number of nitrogens with zero attached hydrogens (tertiary/aromatic N) is 3. The molecular weight excluding hydrogens is 252 g/mol. The Hall–Kier alpha value is -1.59. The van der Waals surface area contributed by atoms with Crippen LogP contribution in [0.25, 0.3) is 0 Å². The molecule has 6 heteroatoms. The van der Waals surface area contributed by atoms with Gasteiger partial charge in [0, 0.05) is 13.5 Å². The molecule has 18 heavy (non-hydrogen) atoms. The van der Waals surface area contributed by atoms with Crippen LogP contribution in [0.5, 0.6) is 5.75 Å². The zero-order chi connectivity index (χ0) is 13.1. The average molecular weight is 267 g/mol. The molecular formula is C12H15ClN4O. The highest BCUT2D eigenvalue weighted by Crippen LogP contribution is 2.25. The van der Waals surface area contributed by atoms with Crippen molar-refractivity contribution in [3.8, 4) is 5.75 Å². The number of aryl methyl sites for hydroxylation is 1. The molecule has 1 aromatic carbocycles. The fraction of sp³-hybridized carbons (Fsp3) is 0.333. The minimum Gasteiger partial charge on any atom is -0.495 e. The molecule has 96 valence electrons. The molecule has 0 aliphatic rings. The number of hydrogen-bond acceptors (Lipinski definition) is 4. The summed E-state index contributed by atoms with van der Waals surface area (Å²) < 4.78 is 6.80. The van der Waals surface area contributed by atoms with Crippen LogP contribution in [0.2, 0.25) is 5.02 Å². The monoisotopic (exact) mass is 266 g/mol. The van der Waals surface area contributed by atoms with Gasteiger partial charge in [-0.3, -0.25) is 4.68 Å². The number of aromatic nitrogens is 3. The lowest BCUT2D eigenvalue weighted by atomic mass is 10.1. The van der Waals surface area contributed by atoms with Gasteiger partial charge in [-0.05, 0) is 17.7 Å². The van der Waals surface area contributed by atoms with Crippen molar-refractivity contribution in [2.24, 2.45) is 12.8 Å². The summed E-state index contributed by atoms with van der Waals surface area (Å²) in [6.45, 7) is 0.382. The Morgan fingerprint density at radius 2 is 2.22 bits per heavy atom. The molecule has 0 radical (unpaired) electrons. The van der Waals surface area contributed by atoms with Gasteiger partial charge in [-0.2, -0.15) is 5.10 Å². The molecule has 0 spiro atoms. The molecule has 0 aliphatic carbocycles. The van der Waals surface area contributed by atoms with E-state index in [0.29, 0.717) is 23.7 Å². The van der Waals surface area contributed by atoms with Crippen molar-refractivity contribution >= 4 is 11.6 Å². The highest BCUT2D eigenvalue weighted by atomic mass is 35.5. The maximum absolute atomic E-state index is 6.07. The van der Waals surface area contributed by atoms with Crippen molar-refractivity contribution < 1.29 is 4.74 Å². The first-order valence-corrected chi connectivity index (χ1v) is 5.93. The lowest BCUT2D eigenvalue weighted by molar-refractivity contribution is 0.415. The van der Waals surface area contributed by atoms with Gasteiger partial charge in [0.15, 0.2) is 5.82 Å². The van der Waals surface area contributed by atoms with Gasteiger partial charge in [-0.25, -0.2) is 4.98 Å². The van der Waals surface area contributed by atoms with Gasteiger partial charge in [-0.1, -0.05) is 17.7 Å². The predicted molar refractivity (Wildman–Crippen MR) is 69.7 cm³/mol. The first-order chi connectivity index (χ1) is 8.63. The lowest BCUT2D eigenvalue weighted by Crippen LogP contribution is -2.05. The van der Waals surface area contributed by atoms with E-state index in [0.717, 1.165) is 17.2 Å². The molecule has 0 atom stereocenters. The summed E-state index contributed by atoms with van der Waals surface area (Å²) in [4.78, 5) is 4.35. The lowest BCUT2D eigenvalue weighted by Gasteiger charge is -2.04. The van der Waals surface area contributed by atoms with Gasteiger partial charge in [0.25, 0.3) is 0 Å². The van der Waals surface area contributed by atoms with Crippen LogP contribution in [-0.4, -0.2) is 21.9 Å². The number of nitrogens with two attached hydrogens (primary N) is 1. The van der Waals surface area contributed by atoms with Gasteiger partial charge >= 0.3 is 0 Å². The second-order valence-electron chi connectivity index (χ2n) is 3.92. The van der Waals surface area contributed by atoms with Crippen molar-refractivity contribution in [3.05, 3.63) is 40.4 Å². The number of ether oxygens (including phenoxy) is 1. The van der Waals surface area contributed by atoms with Gasteiger partial charge in [0.05, 0.1) is 18.7 Å². The van der Waals surface area contributed by atoms with E-state index in [1.165, 1.54) is 0 Å². The van der Waals surface area contributed by atoms with Gasteiger partial charge < -0.3 is 10.5 Å². The van der Waals surface area contributed by atoms with E-state index in [1.54, 1.807) is 11.8 Å². The first kappa shape index (κ1) is 12.9.